The highest BCUT2D eigenvalue weighted by Crippen LogP contribution is 2.30. The van der Waals surface area contributed by atoms with E-state index < -0.39 is 0 Å². The third-order valence-electron chi connectivity index (χ3n) is 2.79. The SMILES string of the molecule is CCNC(c1ccc(C)nc1)c1cc(OC)cs1. The molecule has 0 saturated carbocycles. The number of hydrogen-bond acceptors (Lipinski definition) is 4. The lowest BCUT2D eigenvalue weighted by molar-refractivity contribution is 0.416. The van der Waals surface area contributed by atoms with E-state index in [2.05, 4.69) is 29.4 Å². The van der Waals surface area contributed by atoms with Gasteiger partial charge < -0.3 is 10.1 Å². The summed E-state index contributed by atoms with van der Waals surface area (Å²) in [6.45, 7) is 5.03. The highest BCUT2D eigenvalue weighted by molar-refractivity contribution is 7.10. The molecule has 0 aromatic carbocycles. The molecule has 0 aliphatic rings. The first-order valence-electron chi connectivity index (χ1n) is 6.03. The molecule has 2 aromatic rings. The standard InChI is InChI=1S/C14H18N2OS/c1-4-15-14(11-6-5-10(2)16-8-11)13-7-12(17-3)9-18-13/h5-9,14-15H,4H2,1-3H3. The number of nitrogens with zero attached hydrogens (tertiary/aromatic N) is 1. The van der Waals surface area contributed by atoms with Gasteiger partial charge in [-0.05, 0) is 31.2 Å². The molecule has 2 rings (SSSR count). The topological polar surface area (TPSA) is 34.2 Å². The Morgan fingerprint density at radius 1 is 1.44 bits per heavy atom. The summed E-state index contributed by atoms with van der Waals surface area (Å²) in [4.78, 5) is 5.62. The fourth-order valence-corrected chi connectivity index (χ4v) is 2.79. The van der Waals surface area contributed by atoms with E-state index in [1.807, 2.05) is 24.6 Å². The minimum absolute atomic E-state index is 0.192. The lowest BCUT2D eigenvalue weighted by Crippen LogP contribution is -2.21. The smallest absolute Gasteiger partial charge is 0.129 e. The summed E-state index contributed by atoms with van der Waals surface area (Å²) in [5.74, 6) is 0.915. The minimum atomic E-state index is 0.192. The van der Waals surface area contributed by atoms with Crippen molar-refractivity contribution in [1.29, 1.82) is 0 Å². The summed E-state index contributed by atoms with van der Waals surface area (Å²) >= 11 is 1.71. The summed E-state index contributed by atoms with van der Waals surface area (Å²) in [6, 6.07) is 6.45. The molecule has 0 amide bonds. The van der Waals surface area contributed by atoms with Crippen molar-refractivity contribution in [2.24, 2.45) is 0 Å². The van der Waals surface area contributed by atoms with Crippen LogP contribution in [0, 0.1) is 6.92 Å². The first kappa shape index (κ1) is 13.1. The van der Waals surface area contributed by atoms with E-state index in [1.165, 1.54) is 10.4 Å². The predicted molar refractivity (Wildman–Crippen MR) is 75.4 cm³/mol. The Kier molecular flexibility index (Phi) is 4.33. The van der Waals surface area contributed by atoms with Crippen molar-refractivity contribution in [1.82, 2.24) is 10.3 Å². The van der Waals surface area contributed by atoms with E-state index in [0.717, 1.165) is 18.0 Å². The van der Waals surface area contributed by atoms with Crippen LogP contribution in [0.2, 0.25) is 0 Å². The van der Waals surface area contributed by atoms with Crippen LogP contribution in [0.5, 0.6) is 5.75 Å². The number of methoxy groups -OCH3 is 1. The van der Waals surface area contributed by atoms with Gasteiger partial charge in [-0.25, -0.2) is 0 Å². The van der Waals surface area contributed by atoms with Crippen LogP contribution >= 0.6 is 11.3 Å². The molecule has 3 nitrogen and oxygen atoms in total. The molecule has 2 aromatic heterocycles. The van der Waals surface area contributed by atoms with Crippen molar-refractivity contribution in [3.8, 4) is 5.75 Å². The average Bonchev–Trinajstić information content (AvgIpc) is 2.86. The zero-order chi connectivity index (χ0) is 13.0. The maximum atomic E-state index is 5.25. The van der Waals surface area contributed by atoms with Gasteiger partial charge in [-0.2, -0.15) is 0 Å². The fraction of sp³-hybridized carbons (Fsp3) is 0.357. The molecule has 18 heavy (non-hydrogen) atoms. The van der Waals surface area contributed by atoms with Gasteiger partial charge in [-0.3, -0.25) is 4.98 Å². The minimum Gasteiger partial charge on any atom is -0.496 e. The summed E-state index contributed by atoms with van der Waals surface area (Å²) in [5.41, 5.74) is 2.23. The highest BCUT2D eigenvalue weighted by Gasteiger charge is 2.15. The molecule has 1 unspecified atom stereocenters. The maximum absolute atomic E-state index is 5.25. The first-order chi connectivity index (χ1) is 8.74. The number of aryl methyl sites for hydroxylation is 1. The second-order valence-corrected chi connectivity index (χ2v) is 5.06. The third-order valence-corrected chi connectivity index (χ3v) is 3.77. The molecule has 2 heterocycles. The fourth-order valence-electron chi connectivity index (χ4n) is 1.83. The monoisotopic (exact) mass is 262 g/mol. The molecule has 96 valence electrons. The van der Waals surface area contributed by atoms with Gasteiger partial charge in [0, 0.05) is 22.1 Å². The predicted octanol–water partition coefficient (Wildman–Crippen LogP) is 3.16. The average molecular weight is 262 g/mol. The van der Waals surface area contributed by atoms with Crippen molar-refractivity contribution in [3.63, 3.8) is 0 Å². The van der Waals surface area contributed by atoms with Gasteiger partial charge in [-0.15, -0.1) is 11.3 Å². The molecule has 0 fully saturated rings. The van der Waals surface area contributed by atoms with Crippen LogP contribution in [0.3, 0.4) is 0 Å². The lowest BCUT2D eigenvalue weighted by atomic mass is 10.1. The van der Waals surface area contributed by atoms with Gasteiger partial charge >= 0.3 is 0 Å². The Morgan fingerprint density at radius 2 is 2.28 bits per heavy atom. The Morgan fingerprint density at radius 3 is 2.83 bits per heavy atom. The number of hydrogen-bond donors (Lipinski definition) is 1. The van der Waals surface area contributed by atoms with E-state index in [-0.39, 0.29) is 6.04 Å². The van der Waals surface area contributed by atoms with Gasteiger partial charge in [-0.1, -0.05) is 13.0 Å². The molecule has 0 aliphatic carbocycles. The summed E-state index contributed by atoms with van der Waals surface area (Å²) in [7, 11) is 1.70. The number of ether oxygens (including phenoxy) is 1. The normalized spacial score (nSPS) is 12.4. The van der Waals surface area contributed by atoms with Crippen LogP contribution < -0.4 is 10.1 Å². The lowest BCUT2D eigenvalue weighted by Gasteiger charge is -2.16. The van der Waals surface area contributed by atoms with Crippen molar-refractivity contribution in [3.05, 3.63) is 45.9 Å². The molecule has 0 saturated heterocycles. The van der Waals surface area contributed by atoms with Gasteiger partial charge in [0.05, 0.1) is 13.2 Å². The second kappa shape index (κ2) is 5.98. The largest absolute Gasteiger partial charge is 0.496 e. The molecular weight excluding hydrogens is 244 g/mol. The molecule has 0 radical (unpaired) electrons. The Hall–Kier alpha value is -1.39. The van der Waals surface area contributed by atoms with Gasteiger partial charge in [0.1, 0.15) is 5.75 Å². The van der Waals surface area contributed by atoms with E-state index >= 15 is 0 Å². The molecule has 0 bridgehead atoms. The van der Waals surface area contributed by atoms with Crippen molar-refractivity contribution >= 4 is 11.3 Å². The van der Waals surface area contributed by atoms with Gasteiger partial charge in [0.2, 0.25) is 0 Å². The Balaban J connectivity index is 2.29. The van der Waals surface area contributed by atoms with Crippen LogP contribution in [0.1, 0.15) is 29.1 Å². The van der Waals surface area contributed by atoms with Crippen LogP contribution in [-0.4, -0.2) is 18.6 Å². The van der Waals surface area contributed by atoms with Crippen LogP contribution in [0.15, 0.2) is 29.8 Å². The Bertz CT molecular complexity index is 493. The zero-order valence-electron chi connectivity index (χ0n) is 10.9. The van der Waals surface area contributed by atoms with Crippen LogP contribution in [0.25, 0.3) is 0 Å². The van der Waals surface area contributed by atoms with E-state index in [9.17, 15) is 0 Å². The maximum Gasteiger partial charge on any atom is 0.129 e. The van der Waals surface area contributed by atoms with E-state index in [0.29, 0.717) is 0 Å². The summed E-state index contributed by atoms with van der Waals surface area (Å²) < 4.78 is 5.25. The van der Waals surface area contributed by atoms with Crippen LogP contribution in [-0.2, 0) is 0 Å². The number of aromatic nitrogens is 1. The second-order valence-electron chi connectivity index (χ2n) is 4.11. The number of rotatable bonds is 5. The molecule has 0 aliphatic heterocycles. The molecular formula is C14H18N2OS. The van der Waals surface area contributed by atoms with Crippen LogP contribution in [0.4, 0.5) is 0 Å². The quantitative estimate of drug-likeness (QED) is 0.898. The van der Waals surface area contributed by atoms with Crippen molar-refractivity contribution in [2.45, 2.75) is 19.9 Å². The highest BCUT2D eigenvalue weighted by atomic mass is 32.1. The zero-order valence-corrected chi connectivity index (χ0v) is 11.8. The van der Waals surface area contributed by atoms with Crippen molar-refractivity contribution in [2.75, 3.05) is 13.7 Å². The summed E-state index contributed by atoms with van der Waals surface area (Å²) in [5, 5.41) is 5.52. The van der Waals surface area contributed by atoms with E-state index in [4.69, 9.17) is 4.74 Å². The number of pyridine rings is 1. The molecule has 1 N–H and O–H groups in total. The molecule has 0 spiro atoms. The van der Waals surface area contributed by atoms with Gasteiger partial charge in [0.25, 0.3) is 0 Å². The molecule has 1 atom stereocenters. The Labute approximate surface area is 112 Å². The number of nitrogens with one attached hydrogen (secondary N) is 1. The first-order valence-corrected chi connectivity index (χ1v) is 6.91. The summed E-state index contributed by atoms with van der Waals surface area (Å²) in [6.07, 6.45) is 1.94. The van der Waals surface area contributed by atoms with Gasteiger partial charge in [0.15, 0.2) is 0 Å². The molecule has 4 heteroatoms. The number of thiophene rings is 1. The third kappa shape index (κ3) is 2.89. The van der Waals surface area contributed by atoms with Crippen molar-refractivity contribution < 1.29 is 4.74 Å². The van der Waals surface area contributed by atoms with E-state index in [1.54, 1.807) is 18.4 Å².